The topological polar surface area (TPSA) is 97.0 Å². The lowest BCUT2D eigenvalue weighted by Crippen LogP contribution is -3.15. The lowest BCUT2D eigenvalue weighted by molar-refractivity contribution is -0.895. The van der Waals surface area contributed by atoms with Crippen molar-refractivity contribution in [1.29, 1.82) is 0 Å². The Morgan fingerprint density at radius 1 is 1.10 bits per heavy atom. The van der Waals surface area contributed by atoms with Crippen LogP contribution in [0.5, 0.6) is 0 Å². The highest BCUT2D eigenvalue weighted by Crippen LogP contribution is 2.27. The molecule has 1 aliphatic rings. The van der Waals surface area contributed by atoms with E-state index in [2.05, 4.69) is 5.32 Å². The van der Waals surface area contributed by atoms with Gasteiger partial charge in [-0.2, -0.15) is 0 Å². The molecule has 8 heteroatoms. The van der Waals surface area contributed by atoms with E-state index in [1.807, 2.05) is 25.1 Å². The van der Waals surface area contributed by atoms with Crippen LogP contribution in [0.2, 0.25) is 0 Å². The first-order valence-corrected chi connectivity index (χ1v) is 9.58. The molecule has 0 saturated carbocycles. The molecule has 0 aliphatic carbocycles. The first kappa shape index (κ1) is 20.5. The van der Waals surface area contributed by atoms with E-state index in [4.69, 9.17) is 0 Å². The molecule has 29 heavy (non-hydrogen) atoms. The molecule has 1 fully saturated rings. The van der Waals surface area contributed by atoms with Crippen LogP contribution in [0.15, 0.2) is 42.5 Å². The van der Waals surface area contributed by atoms with E-state index in [9.17, 15) is 19.7 Å². The van der Waals surface area contributed by atoms with Crippen LogP contribution < -0.4 is 10.2 Å². The van der Waals surface area contributed by atoms with Gasteiger partial charge in [0, 0.05) is 11.6 Å². The highest BCUT2D eigenvalue weighted by molar-refractivity contribution is 5.95. The summed E-state index contributed by atoms with van der Waals surface area (Å²) in [6, 6.07) is 12.3. The molecule has 0 radical (unpaired) electrons. The van der Waals surface area contributed by atoms with E-state index in [1.54, 1.807) is 30.0 Å². The van der Waals surface area contributed by atoms with E-state index in [1.165, 1.54) is 6.07 Å². The van der Waals surface area contributed by atoms with E-state index in [0.717, 1.165) is 16.0 Å². The molecule has 0 bridgehead atoms. The minimum atomic E-state index is -0.483. The summed E-state index contributed by atoms with van der Waals surface area (Å²) in [5, 5.41) is 14.0. The maximum absolute atomic E-state index is 12.5. The molecule has 8 nitrogen and oxygen atoms in total. The summed E-state index contributed by atoms with van der Waals surface area (Å²) >= 11 is 0. The van der Waals surface area contributed by atoms with Crippen molar-refractivity contribution in [3.8, 4) is 0 Å². The SMILES string of the molecule is Cc1cc(NC(=O)C[NH+]2CCN(C(=O)c3ccccc3)CC2)c([N+](=O)[O-])cc1C. The average Bonchev–Trinajstić information content (AvgIpc) is 2.71. The van der Waals surface area contributed by atoms with Crippen molar-refractivity contribution < 1.29 is 19.4 Å². The van der Waals surface area contributed by atoms with Crippen LogP contribution in [0.25, 0.3) is 0 Å². The number of hydrogen-bond acceptors (Lipinski definition) is 4. The van der Waals surface area contributed by atoms with Crippen LogP contribution in [-0.4, -0.2) is 54.4 Å². The zero-order chi connectivity index (χ0) is 21.0. The molecule has 1 saturated heterocycles. The van der Waals surface area contributed by atoms with Crippen molar-refractivity contribution in [2.45, 2.75) is 13.8 Å². The number of carbonyl (C=O) groups is 2. The largest absolute Gasteiger partial charge is 0.327 e. The van der Waals surface area contributed by atoms with Crippen molar-refractivity contribution in [3.63, 3.8) is 0 Å². The third-order valence-electron chi connectivity index (χ3n) is 5.27. The summed E-state index contributed by atoms with van der Waals surface area (Å²) in [6.07, 6.45) is 0. The van der Waals surface area contributed by atoms with Gasteiger partial charge in [-0.05, 0) is 43.2 Å². The van der Waals surface area contributed by atoms with Gasteiger partial charge in [-0.1, -0.05) is 18.2 Å². The minimum Gasteiger partial charge on any atom is -0.327 e. The number of quaternary nitrogens is 1. The van der Waals surface area contributed by atoms with Gasteiger partial charge in [-0.15, -0.1) is 0 Å². The Balaban J connectivity index is 1.56. The van der Waals surface area contributed by atoms with Crippen molar-refractivity contribution in [1.82, 2.24) is 4.90 Å². The van der Waals surface area contributed by atoms with Crippen LogP contribution in [0.3, 0.4) is 0 Å². The molecule has 0 aromatic heterocycles. The first-order valence-electron chi connectivity index (χ1n) is 9.58. The lowest BCUT2D eigenvalue weighted by atomic mass is 10.1. The smallest absolute Gasteiger partial charge is 0.293 e. The third-order valence-corrected chi connectivity index (χ3v) is 5.27. The Bertz CT molecular complexity index is 922. The van der Waals surface area contributed by atoms with Gasteiger partial charge >= 0.3 is 0 Å². The molecule has 0 unspecified atom stereocenters. The van der Waals surface area contributed by atoms with Crippen LogP contribution >= 0.6 is 0 Å². The van der Waals surface area contributed by atoms with Crippen molar-refractivity contribution in [2.24, 2.45) is 0 Å². The van der Waals surface area contributed by atoms with Gasteiger partial charge in [0.05, 0.1) is 31.1 Å². The number of nitrogens with zero attached hydrogens (tertiary/aromatic N) is 2. The van der Waals surface area contributed by atoms with E-state index < -0.39 is 4.92 Å². The number of rotatable bonds is 5. The van der Waals surface area contributed by atoms with Gasteiger partial charge in [0.1, 0.15) is 5.69 Å². The number of nitro groups is 1. The molecule has 2 N–H and O–H groups in total. The van der Waals surface area contributed by atoms with E-state index in [-0.39, 0.29) is 29.7 Å². The second-order valence-electron chi connectivity index (χ2n) is 7.34. The standard InChI is InChI=1S/C21H24N4O4/c1-15-12-18(19(25(28)29)13-16(15)2)22-20(26)14-23-8-10-24(11-9-23)21(27)17-6-4-3-5-7-17/h3-7,12-13H,8-11,14H2,1-2H3,(H,22,26)/p+1. The maximum atomic E-state index is 12.5. The summed E-state index contributed by atoms with van der Waals surface area (Å²) in [5.41, 5.74) is 2.47. The summed E-state index contributed by atoms with van der Waals surface area (Å²) in [6.45, 7) is 6.30. The third kappa shape index (κ3) is 4.97. The zero-order valence-electron chi connectivity index (χ0n) is 16.6. The number of anilines is 1. The molecule has 2 amide bonds. The number of hydrogen-bond donors (Lipinski definition) is 2. The number of benzene rings is 2. The Morgan fingerprint density at radius 3 is 2.34 bits per heavy atom. The summed E-state index contributed by atoms with van der Waals surface area (Å²) in [4.78, 5) is 38.6. The van der Waals surface area contributed by atoms with Crippen LogP contribution in [0, 0.1) is 24.0 Å². The van der Waals surface area contributed by atoms with E-state index >= 15 is 0 Å². The molecule has 152 valence electrons. The van der Waals surface area contributed by atoms with Gasteiger partial charge in [0.25, 0.3) is 17.5 Å². The fraction of sp³-hybridized carbons (Fsp3) is 0.333. The van der Waals surface area contributed by atoms with Gasteiger partial charge in [-0.3, -0.25) is 19.7 Å². The number of nitrogens with one attached hydrogen (secondary N) is 2. The van der Waals surface area contributed by atoms with Gasteiger partial charge < -0.3 is 15.1 Å². The van der Waals surface area contributed by atoms with Crippen molar-refractivity contribution in [2.75, 3.05) is 38.0 Å². The molecule has 0 atom stereocenters. The van der Waals surface area contributed by atoms with Crippen LogP contribution in [0.4, 0.5) is 11.4 Å². The molecular weight excluding hydrogens is 372 g/mol. The summed E-state index contributed by atoms with van der Waals surface area (Å²) in [5.74, 6) is -0.269. The predicted molar refractivity (Wildman–Crippen MR) is 109 cm³/mol. The molecule has 2 aromatic rings. The molecule has 0 spiro atoms. The van der Waals surface area contributed by atoms with E-state index in [0.29, 0.717) is 31.7 Å². The Kier molecular flexibility index (Phi) is 6.23. The highest BCUT2D eigenvalue weighted by Gasteiger charge is 2.26. The van der Waals surface area contributed by atoms with Crippen LogP contribution in [-0.2, 0) is 4.79 Å². The monoisotopic (exact) mass is 397 g/mol. The fourth-order valence-electron chi connectivity index (χ4n) is 3.44. The first-order chi connectivity index (χ1) is 13.8. The van der Waals surface area contributed by atoms with Gasteiger partial charge in [0.15, 0.2) is 6.54 Å². The summed E-state index contributed by atoms with van der Waals surface area (Å²) < 4.78 is 0. The van der Waals surface area contributed by atoms with Gasteiger partial charge in [0.2, 0.25) is 0 Å². The summed E-state index contributed by atoms with van der Waals surface area (Å²) in [7, 11) is 0. The fourth-order valence-corrected chi connectivity index (χ4v) is 3.44. The Morgan fingerprint density at radius 2 is 1.72 bits per heavy atom. The van der Waals surface area contributed by atoms with Crippen molar-refractivity contribution in [3.05, 3.63) is 69.3 Å². The number of aryl methyl sites for hydroxylation is 2. The second-order valence-corrected chi connectivity index (χ2v) is 7.34. The molecule has 1 aliphatic heterocycles. The molecular formula is C21H25N4O4+. The molecule has 3 rings (SSSR count). The minimum absolute atomic E-state index is 0.000132. The number of nitro benzene ring substituents is 1. The number of carbonyl (C=O) groups excluding carboxylic acids is 2. The Labute approximate surface area is 169 Å². The molecule has 2 aromatic carbocycles. The van der Waals surface area contributed by atoms with Crippen molar-refractivity contribution >= 4 is 23.2 Å². The Hall–Kier alpha value is -3.26. The maximum Gasteiger partial charge on any atom is 0.293 e. The van der Waals surface area contributed by atoms with Gasteiger partial charge in [-0.25, -0.2) is 0 Å². The lowest BCUT2D eigenvalue weighted by Gasteiger charge is -2.32. The highest BCUT2D eigenvalue weighted by atomic mass is 16.6. The second kappa shape index (κ2) is 8.83. The zero-order valence-corrected chi connectivity index (χ0v) is 16.6. The predicted octanol–water partition coefficient (Wildman–Crippen LogP) is 1.19. The molecule has 1 heterocycles. The number of amides is 2. The quantitative estimate of drug-likeness (QED) is 0.585. The number of piperazine rings is 1. The van der Waals surface area contributed by atoms with Crippen LogP contribution in [0.1, 0.15) is 21.5 Å². The average molecular weight is 397 g/mol. The normalized spacial score (nSPS) is 14.5.